The van der Waals surface area contributed by atoms with Crippen LogP contribution < -0.4 is 15.2 Å². The highest BCUT2D eigenvalue weighted by molar-refractivity contribution is 5.97. The fourth-order valence-corrected chi connectivity index (χ4v) is 1.53. The number of oxime groups is 1. The number of benzene rings is 1. The molecule has 1 heterocycles. The highest BCUT2D eigenvalue weighted by Crippen LogP contribution is 2.25. The summed E-state index contributed by atoms with van der Waals surface area (Å²) >= 11 is 0. The molecular formula is C13H14N4O3. The molecule has 1 aromatic heterocycles. The van der Waals surface area contributed by atoms with E-state index in [0.717, 1.165) is 0 Å². The molecule has 0 fully saturated rings. The molecule has 0 atom stereocenters. The number of nitrogens with zero attached hydrogens (tertiary/aromatic N) is 3. The summed E-state index contributed by atoms with van der Waals surface area (Å²) in [5.41, 5.74) is 5.68. The SMILES string of the molecule is CCOc1cccc(Oc2nccnc2C(N)=NO)c1. The van der Waals surface area contributed by atoms with Gasteiger partial charge in [0.1, 0.15) is 11.5 Å². The van der Waals surface area contributed by atoms with Crippen LogP contribution in [-0.2, 0) is 0 Å². The molecular weight excluding hydrogens is 260 g/mol. The number of ether oxygens (including phenoxy) is 2. The fourth-order valence-electron chi connectivity index (χ4n) is 1.53. The third-order valence-electron chi connectivity index (χ3n) is 2.35. The first-order valence-electron chi connectivity index (χ1n) is 5.94. The van der Waals surface area contributed by atoms with Gasteiger partial charge in [-0.05, 0) is 19.1 Å². The van der Waals surface area contributed by atoms with Crippen LogP contribution in [0.1, 0.15) is 12.6 Å². The van der Waals surface area contributed by atoms with E-state index in [9.17, 15) is 0 Å². The summed E-state index contributed by atoms with van der Waals surface area (Å²) in [6, 6.07) is 7.07. The van der Waals surface area contributed by atoms with Crippen molar-refractivity contribution in [3.63, 3.8) is 0 Å². The normalized spacial score (nSPS) is 11.2. The Labute approximate surface area is 115 Å². The standard InChI is InChI=1S/C13H14N4O3/c1-2-19-9-4-3-5-10(8-9)20-13-11(12(14)17-18)15-6-7-16-13/h3-8,18H,2H2,1H3,(H2,14,17). The van der Waals surface area contributed by atoms with Crippen LogP contribution in [0.25, 0.3) is 0 Å². The van der Waals surface area contributed by atoms with Crippen LogP contribution in [-0.4, -0.2) is 27.6 Å². The van der Waals surface area contributed by atoms with E-state index in [-0.39, 0.29) is 17.4 Å². The summed E-state index contributed by atoms with van der Waals surface area (Å²) in [4.78, 5) is 7.99. The number of hydrogen-bond donors (Lipinski definition) is 2. The molecule has 7 nitrogen and oxygen atoms in total. The molecule has 0 radical (unpaired) electrons. The lowest BCUT2D eigenvalue weighted by molar-refractivity contribution is 0.318. The van der Waals surface area contributed by atoms with Crippen molar-refractivity contribution in [2.75, 3.05) is 6.61 Å². The summed E-state index contributed by atoms with van der Waals surface area (Å²) < 4.78 is 11.0. The fraction of sp³-hybridized carbons (Fsp3) is 0.154. The first kappa shape index (κ1) is 13.6. The van der Waals surface area contributed by atoms with Gasteiger partial charge in [0.25, 0.3) is 0 Å². The zero-order valence-electron chi connectivity index (χ0n) is 10.9. The Bertz CT molecular complexity index is 616. The third-order valence-corrected chi connectivity index (χ3v) is 2.35. The van der Waals surface area contributed by atoms with Crippen LogP contribution in [0, 0.1) is 0 Å². The van der Waals surface area contributed by atoms with Crippen LogP contribution in [0.4, 0.5) is 0 Å². The van der Waals surface area contributed by atoms with Gasteiger partial charge in [-0.2, -0.15) is 0 Å². The zero-order chi connectivity index (χ0) is 14.4. The van der Waals surface area contributed by atoms with E-state index in [2.05, 4.69) is 15.1 Å². The second-order valence-electron chi connectivity index (χ2n) is 3.71. The predicted octanol–water partition coefficient (Wildman–Crippen LogP) is 1.76. The van der Waals surface area contributed by atoms with Gasteiger partial charge in [0, 0.05) is 18.5 Å². The summed E-state index contributed by atoms with van der Waals surface area (Å²) in [6.07, 6.45) is 2.88. The van der Waals surface area contributed by atoms with Crippen LogP contribution in [0.3, 0.4) is 0 Å². The number of aromatic nitrogens is 2. The Hall–Kier alpha value is -2.83. The second-order valence-corrected chi connectivity index (χ2v) is 3.71. The molecule has 2 rings (SSSR count). The van der Waals surface area contributed by atoms with Gasteiger partial charge in [0.05, 0.1) is 6.61 Å². The molecule has 104 valence electrons. The van der Waals surface area contributed by atoms with Crippen molar-refractivity contribution in [3.8, 4) is 17.4 Å². The molecule has 0 aliphatic heterocycles. The van der Waals surface area contributed by atoms with Crippen molar-refractivity contribution in [1.82, 2.24) is 9.97 Å². The van der Waals surface area contributed by atoms with Crippen molar-refractivity contribution in [2.45, 2.75) is 6.92 Å². The van der Waals surface area contributed by atoms with Gasteiger partial charge < -0.3 is 20.4 Å². The molecule has 20 heavy (non-hydrogen) atoms. The molecule has 0 aliphatic rings. The lowest BCUT2D eigenvalue weighted by Gasteiger charge is -2.09. The molecule has 0 saturated heterocycles. The second kappa shape index (κ2) is 6.37. The van der Waals surface area contributed by atoms with Crippen molar-refractivity contribution in [2.24, 2.45) is 10.9 Å². The van der Waals surface area contributed by atoms with Gasteiger partial charge in [0.2, 0.25) is 5.88 Å². The minimum atomic E-state index is -0.172. The molecule has 7 heteroatoms. The molecule has 0 saturated carbocycles. The summed E-state index contributed by atoms with van der Waals surface area (Å²) in [6.45, 7) is 2.46. The van der Waals surface area contributed by atoms with Gasteiger partial charge in [-0.3, -0.25) is 0 Å². The smallest absolute Gasteiger partial charge is 0.249 e. The Morgan fingerprint density at radius 1 is 1.30 bits per heavy atom. The molecule has 0 spiro atoms. The van der Waals surface area contributed by atoms with E-state index >= 15 is 0 Å². The summed E-state index contributed by atoms with van der Waals surface area (Å²) in [5.74, 6) is 1.17. The lowest BCUT2D eigenvalue weighted by Crippen LogP contribution is -2.16. The number of nitrogens with two attached hydrogens (primary N) is 1. The maximum absolute atomic E-state index is 8.71. The molecule has 2 aromatic rings. The maximum atomic E-state index is 8.71. The molecule has 0 aliphatic carbocycles. The molecule has 1 aromatic carbocycles. The van der Waals surface area contributed by atoms with Crippen molar-refractivity contribution < 1.29 is 14.7 Å². The minimum Gasteiger partial charge on any atom is -0.494 e. The van der Waals surface area contributed by atoms with Crippen LogP contribution in [0.15, 0.2) is 41.8 Å². The van der Waals surface area contributed by atoms with E-state index in [1.165, 1.54) is 12.4 Å². The predicted molar refractivity (Wildman–Crippen MR) is 72.2 cm³/mol. The maximum Gasteiger partial charge on any atom is 0.249 e. The zero-order valence-corrected chi connectivity index (χ0v) is 10.9. The highest BCUT2D eigenvalue weighted by atomic mass is 16.5. The van der Waals surface area contributed by atoms with Gasteiger partial charge in [-0.15, -0.1) is 0 Å². The molecule has 0 unspecified atom stereocenters. The van der Waals surface area contributed by atoms with Gasteiger partial charge in [-0.25, -0.2) is 9.97 Å². The third kappa shape index (κ3) is 3.14. The van der Waals surface area contributed by atoms with Crippen LogP contribution in [0.2, 0.25) is 0 Å². The van der Waals surface area contributed by atoms with Crippen molar-refractivity contribution in [3.05, 3.63) is 42.4 Å². The molecule has 0 amide bonds. The average molecular weight is 274 g/mol. The van der Waals surface area contributed by atoms with Gasteiger partial charge in [-0.1, -0.05) is 11.2 Å². The van der Waals surface area contributed by atoms with Crippen LogP contribution in [0.5, 0.6) is 17.4 Å². The monoisotopic (exact) mass is 274 g/mol. The average Bonchev–Trinajstić information content (AvgIpc) is 2.48. The summed E-state index contributed by atoms with van der Waals surface area (Å²) in [7, 11) is 0. The van der Waals surface area contributed by atoms with Gasteiger partial charge >= 0.3 is 0 Å². The number of amidine groups is 1. The van der Waals surface area contributed by atoms with Crippen molar-refractivity contribution in [1.29, 1.82) is 0 Å². The summed E-state index contributed by atoms with van der Waals surface area (Å²) in [5, 5.41) is 11.6. The number of rotatable bonds is 5. The van der Waals surface area contributed by atoms with Gasteiger partial charge in [0.15, 0.2) is 11.5 Å². The molecule has 3 N–H and O–H groups in total. The van der Waals surface area contributed by atoms with Crippen LogP contribution >= 0.6 is 0 Å². The Morgan fingerprint density at radius 3 is 2.80 bits per heavy atom. The van der Waals surface area contributed by atoms with E-state index < -0.39 is 0 Å². The van der Waals surface area contributed by atoms with E-state index in [1.54, 1.807) is 18.2 Å². The lowest BCUT2D eigenvalue weighted by atomic mass is 10.3. The topological polar surface area (TPSA) is 103 Å². The quantitative estimate of drug-likeness (QED) is 0.373. The Morgan fingerprint density at radius 2 is 2.05 bits per heavy atom. The first-order chi connectivity index (χ1) is 9.74. The van der Waals surface area contributed by atoms with Crippen molar-refractivity contribution >= 4 is 5.84 Å². The first-order valence-corrected chi connectivity index (χ1v) is 5.94. The Kier molecular flexibility index (Phi) is 4.33. The van der Waals surface area contributed by atoms with E-state index in [0.29, 0.717) is 18.1 Å². The largest absolute Gasteiger partial charge is 0.494 e. The number of hydrogen-bond acceptors (Lipinski definition) is 6. The molecule has 0 bridgehead atoms. The van der Waals surface area contributed by atoms with E-state index in [4.69, 9.17) is 20.4 Å². The highest BCUT2D eigenvalue weighted by Gasteiger charge is 2.12. The van der Waals surface area contributed by atoms with E-state index in [1.807, 2.05) is 13.0 Å². The Balaban J connectivity index is 2.28. The minimum absolute atomic E-state index is 0.149.